The van der Waals surface area contributed by atoms with Crippen LogP contribution in [0.5, 0.6) is 0 Å². The Morgan fingerprint density at radius 2 is 1.67 bits per heavy atom. The van der Waals surface area contributed by atoms with Gasteiger partial charge in [-0.1, -0.05) is 31.5 Å². The van der Waals surface area contributed by atoms with Crippen molar-refractivity contribution < 1.29 is 24.2 Å². The second-order valence-electron chi connectivity index (χ2n) is 9.41. The fraction of sp³-hybridized carbons (Fsp3) is 0.640. The molecule has 1 aromatic rings. The third kappa shape index (κ3) is 8.35. The summed E-state index contributed by atoms with van der Waals surface area (Å²) in [5.74, 6) is -0.852. The van der Waals surface area contributed by atoms with Gasteiger partial charge in [-0.05, 0) is 71.6 Å². The second-order valence-corrected chi connectivity index (χ2v) is 9.41. The molecule has 0 spiro atoms. The van der Waals surface area contributed by atoms with Crippen molar-refractivity contribution in [2.75, 3.05) is 13.2 Å². The summed E-state index contributed by atoms with van der Waals surface area (Å²) in [6.07, 6.45) is 0.916. The minimum Gasteiger partial charge on any atom is -0.444 e. The van der Waals surface area contributed by atoms with E-state index >= 15 is 0 Å². The highest BCUT2D eigenvalue weighted by atomic mass is 16.6. The highest BCUT2D eigenvalue weighted by Gasteiger charge is 2.36. The Kier molecular flexibility index (Phi) is 10.8. The molecule has 0 aromatic heterocycles. The van der Waals surface area contributed by atoms with Gasteiger partial charge in [0.05, 0.1) is 6.61 Å². The number of amides is 3. The number of ether oxygens (including phenoxy) is 1. The highest BCUT2D eigenvalue weighted by Crippen LogP contribution is 2.28. The Labute approximate surface area is 198 Å². The van der Waals surface area contributed by atoms with E-state index < -0.39 is 36.3 Å². The van der Waals surface area contributed by atoms with Gasteiger partial charge in [0.15, 0.2) is 0 Å². The monoisotopic (exact) mass is 463 g/mol. The van der Waals surface area contributed by atoms with Crippen LogP contribution in [-0.2, 0) is 14.3 Å². The van der Waals surface area contributed by atoms with E-state index in [-0.39, 0.29) is 18.5 Å². The van der Waals surface area contributed by atoms with Crippen molar-refractivity contribution in [3.05, 3.63) is 34.9 Å². The lowest BCUT2D eigenvalue weighted by Gasteiger charge is -2.35. The maximum atomic E-state index is 13.5. The molecule has 0 aliphatic rings. The van der Waals surface area contributed by atoms with E-state index in [1.165, 1.54) is 4.90 Å². The molecular formula is C25H41N3O5. The fourth-order valence-electron chi connectivity index (χ4n) is 3.82. The third-order valence-corrected chi connectivity index (χ3v) is 5.28. The summed E-state index contributed by atoms with van der Waals surface area (Å²) in [6, 6.07) is 3.50. The first kappa shape index (κ1) is 28.4. The van der Waals surface area contributed by atoms with Gasteiger partial charge in [0.2, 0.25) is 11.8 Å². The van der Waals surface area contributed by atoms with Crippen LogP contribution in [0.3, 0.4) is 0 Å². The number of hydrogen-bond donors (Lipinski definition) is 3. The average Bonchev–Trinajstić information content (AvgIpc) is 2.69. The first-order chi connectivity index (χ1) is 15.4. The standard InChI is InChI=1S/C25H41N3O5/c1-9-12-18(5)26-22(30)21(20-16(3)13-11-14-17(20)4)28(10-2)23(31)19(15-29)27-24(32)33-25(6,7)8/h11,13-14,18-19,21,29H,9-10,12,15H2,1-8H3,(H,26,30)(H,27,32). The fourth-order valence-corrected chi connectivity index (χ4v) is 3.82. The van der Waals surface area contributed by atoms with Crippen molar-refractivity contribution in [3.8, 4) is 0 Å². The molecule has 8 heteroatoms. The lowest BCUT2D eigenvalue weighted by Crippen LogP contribution is -2.55. The molecule has 0 radical (unpaired) electrons. The molecule has 8 nitrogen and oxygen atoms in total. The van der Waals surface area contributed by atoms with Crippen molar-refractivity contribution in [2.45, 2.75) is 92.0 Å². The predicted molar refractivity (Wildman–Crippen MR) is 129 cm³/mol. The quantitative estimate of drug-likeness (QED) is 0.493. The van der Waals surface area contributed by atoms with Gasteiger partial charge >= 0.3 is 6.09 Å². The van der Waals surface area contributed by atoms with Crippen molar-refractivity contribution in [2.24, 2.45) is 0 Å². The van der Waals surface area contributed by atoms with Gasteiger partial charge in [0.25, 0.3) is 0 Å². The number of carbonyl (C=O) groups is 3. The smallest absolute Gasteiger partial charge is 0.408 e. The first-order valence-electron chi connectivity index (χ1n) is 11.6. The summed E-state index contributed by atoms with van der Waals surface area (Å²) in [7, 11) is 0. The second kappa shape index (κ2) is 12.6. The van der Waals surface area contributed by atoms with Crippen LogP contribution in [0.4, 0.5) is 4.79 Å². The van der Waals surface area contributed by atoms with E-state index in [2.05, 4.69) is 10.6 Å². The minimum absolute atomic E-state index is 0.0586. The van der Waals surface area contributed by atoms with Crippen LogP contribution in [0.2, 0.25) is 0 Å². The van der Waals surface area contributed by atoms with E-state index in [1.54, 1.807) is 27.7 Å². The van der Waals surface area contributed by atoms with Gasteiger partial charge in [-0.2, -0.15) is 0 Å². The molecule has 0 saturated heterocycles. The van der Waals surface area contributed by atoms with Gasteiger partial charge in [-0.25, -0.2) is 4.79 Å². The van der Waals surface area contributed by atoms with Crippen LogP contribution in [0, 0.1) is 13.8 Å². The molecule has 3 unspecified atom stereocenters. The molecule has 3 atom stereocenters. The molecule has 0 saturated carbocycles. The number of nitrogens with zero attached hydrogens (tertiary/aromatic N) is 1. The molecule has 0 bridgehead atoms. The number of rotatable bonds is 10. The summed E-state index contributed by atoms with van der Waals surface area (Å²) in [5.41, 5.74) is 1.74. The molecule has 1 rings (SSSR count). The number of benzene rings is 1. The predicted octanol–water partition coefficient (Wildman–Crippen LogP) is 3.38. The molecule has 0 aliphatic carbocycles. The highest BCUT2D eigenvalue weighted by molar-refractivity contribution is 5.92. The summed E-state index contributed by atoms with van der Waals surface area (Å²) < 4.78 is 5.23. The Morgan fingerprint density at radius 3 is 2.12 bits per heavy atom. The number of aryl methyl sites for hydroxylation is 2. The van der Waals surface area contributed by atoms with Gasteiger partial charge in [0, 0.05) is 12.6 Å². The van der Waals surface area contributed by atoms with Crippen molar-refractivity contribution in [1.29, 1.82) is 0 Å². The Hall–Kier alpha value is -2.61. The van der Waals surface area contributed by atoms with Crippen molar-refractivity contribution in [1.82, 2.24) is 15.5 Å². The Balaban J connectivity index is 3.36. The largest absolute Gasteiger partial charge is 0.444 e. The third-order valence-electron chi connectivity index (χ3n) is 5.28. The number of likely N-dealkylation sites (N-methyl/N-ethyl adjacent to an activating group) is 1. The van der Waals surface area contributed by atoms with Crippen molar-refractivity contribution >= 4 is 17.9 Å². The molecule has 1 aromatic carbocycles. The van der Waals surface area contributed by atoms with Crippen LogP contribution in [-0.4, -0.2) is 58.8 Å². The number of nitrogens with one attached hydrogen (secondary N) is 2. The number of aliphatic hydroxyl groups is 1. The topological polar surface area (TPSA) is 108 Å². The van der Waals surface area contributed by atoms with Gasteiger partial charge in [0.1, 0.15) is 17.7 Å². The summed E-state index contributed by atoms with van der Waals surface area (Å²) in [6.45, 7) is 14.3. The van der Waals surface area contributed by atoms with Crippen LogP contribution in [0.25, 0.3) is 0 Å². The normalized spacial score (nSPS) is 14.1. The van der Waals surface area contributed by atoms with Crippen LogP contribution >= 0.6 is 0 Å². The number of carbonyl (C=O) groups excluding carboxylic acids is 3. The number of aliphatic hydroxyl groups excluding tert-OH is 1. The zero-order valence-corrected chi connectivity index (χ0v) is 21.3. The van der Waals surface area contributed by atoms with E-state index in [0.717, 1.165) is 29.5 Å². The summed E-state index contributed by atoms with van der Waals surface area (Å²) in [5, 5.41) is 15.3. The van der Waals surface area contributed by atoms with Crippen LogP contribution in [0.1, 0.15) is 77.1 Å². The van der Waals surface area contributed by atoms with Crippen LogP contribution in [0.15, 0.2) is 18.2 Å². The van der Waals surface area contributed by atoms with Gasteiger partial charge in [-0.3, -0.25) is 9.59 Å². The molecule has 33 heavy (non-hydrogen) atoms. The summed E-state index contributed by atoms with van der Waals surface area (Å²) in [4.78, 5) is 40.6. The summed E-state index contributed by atoms with van der Waals surface area (Å²) >= 11 is 0. The van der Waals surface area contributed by atoms with E-state index in [4.69, 9.17) is 4.74 Å². The van der Waals surface area contributed by atoms with Gasteiger partial charge < -0.3 is 25.4 Å². The Bertz CT molecular complexity index is 799. The van der Waals surface area contributed by atoms with E-state index in [1.807, 2.05) is 45.9 Å². The van der Waals surface area contributed by atoms with E-state index in [9.17, 15) is 19.5 Å². The zero-order chi connectivity index (χ0) is 25.3. The molecule has 0 aliphatic heterocycles. The van der Waals surface area contributed by atoms with E-state index in [0.29, 0.717) is 0 Å². The maximum Gasteiger partial charge on any atom is 0.408 e. The SMILES string of the molecule is CCCC(C)NC(=O)C(c1c(C)cccc1C)N(CC)C(=O)C(CO)NC(=O)OC(C)(C)C. The Morgan fingerprint density at radius 1 is 1.09 bits per heavy atom. The van der Waals surface area contributed by atoms with Gasteiger partial charge in [-0.15, -0.1) is 0 Å². The molecular weight excluding hydrogens is 422 g/mol. The number of hydrogen-bond acceptors (Lipinski definition) is 5. The average molecular weight is 464 g/mol. The lowest BCUT2D eigenvalue weighted by atomic mass is 9.93. The molecule has 3 amide bonds. The van der Waals surface area contributed by atoms with Crippen molar-refractivity contribution in [3.63, 3.8) is 0 Å². The lowest BCUT2D eigenvalue weighted by molar-refractivity contribution is -0.143. The first-order valence-corrected chi connectivity index (χ1v) is 11.6. The zero-order valence-electron chi connectivity index (χ0n) is 21.3. The molecule has 0 fully saturated rings. The molecule has 0 heterocycles. The minimum atomic E-state index is -1.24. The molecule has 186 valence electrons. The number of alkyl carbamates (subject to hydrolysis) is 1. The maximum absolute atomic E-state index is 13.5. The molecule has 3 N–H and O–H groups in total. The van der Waals surface area contributed by atoms with Crippen LogP contribution < -0.4 is 10.6 Å².